The Morgan fingerprint density at radius 2 is 1.90 bits per heavy atom. The van der Waals surface area contributed by atoms with Gasteiger partial charge in [-0.05, 0) is 63.0 Å². The molecular weight excluding hydrogens is 262 g/mol. The molecule has 4 nitrogen and oxygen atoms in total. The first-order chi connectivity index (χ1) is 10.3. The third-order valence-electron chi connectivity index (χ3n) is 3.88. The highest BCUT2D eigenvalue weighted by atomic mass is 16.1. The van der Waals surface area contributed by atoms with Crippen LogP contribution in [0.5, 0.6) is 0 Å². The van der Waals surface area contributed by atoms with E-state index < -0.39 is 0 Å². The van der Waals surface area contributed by atoms with Crippen LogP contribution in [0.4, 0.5) is 0 Å². The van der Waals surface area contributed by atoms with Crippen LogP contribution in [-0.4, -0.2) is 37.0 Å². The van der Waals surface area contributed by atoms with E-state index in [2.05, 4.69) is 16.3 Å². The van der Waals surface area contributed by atoms with E-state index in [0.29, 0.717) is 12.0 Å². The molecule has 1 aliphatic rings. The number of rotatable bonds is 7. The van der Waals surface area contributed by atoms with Crippen LogP contribution in [0.15, 0.2) is 24.3 Å². The Bertz CT molecular complexity index is 484. The van der Waals surface area contributed by atoms with Crippen molar-refractivity contribution in [3.8, 4) is 6.07 Å². The summed E-state index contributed by atoms with van der Waals surface area (Å²) in [5, 5.41) is 11.6. The van der Waals surface area contributed by atoms with E-state index in [9.17, 15) is 4.79 Å². The van der Waals surface area contributed by atoms with Gasteiger partial charge in [-0.1, -0.05) is 12.1 Å². The second-order valence-corrected chi connectivity index (χ2v) is 5.54. The lowest BCUT2D eigenvalue weighted by Crippen LogP contribution is -2.26. The van der Waals surface area contributed by atoms with Gasteiger partial charge in [-0.3, -0.25) is 4.79 Å². The standard InChI is InChI=1S/C17H23N3O/c18-10-9-15-5-7-16(8-6-15)17(21)19-11-1-2-12-20-13-3-4-14-20/h5-8H,1-4,9,11-14H2,(H,19,21). The molecule has 1 aromatic rings. The van der Waals surface area contributed by atoms with Gasteiger partial charge >= 0.3 is 0 Å². The molecule has 0 unspecified atom stereocenters. The van der Waals surface area contributed by atoms with Gasteiger partial charge in [-0.15, -0.1) is 0 Å². The quantitative estimate of drug-likeness (QED) is 0.782. The third-order valence-corrected chi connectivity index (χ3v) is 3.88. The van der Waals surface area contributed by atoms with Crippen LogP contribution in [0.25, 0.3) is 0 Å². The van der Waals surface area contributed by atoms with Crippen LogP contribution >= 0.6 is 0 Å². The highest BCUT2D eigenvalue weighted by Crippen LogP contribution is 2.08. The second-order valence-electron chi connectivity index (χ2n) is 5.54. The smallest absolute Gasteiger partial charge is 0.251 e. The van der Waals surface area contributed by atoms with Crippen LogP contribution in [0.1, 0.15) is 41.6 Å². The molecule has 1 amide bonds. The van der Waals surface area contributed by atoms with Crippen molar-refractivity contribution in [2.75, 3.05) is 26.2 Å². The number of benzene rings is 1. The van der Waals surface area contributed by atoms with Crippen molar-refractivity contribution in [1.82, 2.24) is 10.2 Å². The first kappa shape index (κ1) is 15.5. The van der Waals surface area contributed by atoms with E-state index in [1.807, 2.05) is 12.1 Å². The lowest BCUT2D eigenvalue weighted by molar-refractivity contribution is 0.0952. The first-order valence-electron chi connectivity index (χ1n) is 7.76. The lowest BCUT2D eigenvalue weighted by Gasteiger charge is -2.14. The van der Waals surface area contributed by atoms with Crippen molar-refractivity contribution >= 4 is 5.91 Å². The number of amides is 1. The Morgan fingerprint density at radius 1 is 1.19 bits per heavy atom. The number of nitriles is 1. The number of hydrogen-bond donors (Lipinski definition) is 1. The zero-order valence-electron chi connectivity index (χ0n) is 12.5. The fourth-order valence-electron chi connectivity index (χ4n) is 2.64. The molecule has 0 bridgehead atoms. The monoisotopic (exact) mass is 285 g/mol. The number of carbonyl (C=O) groups excluding carboxylic acids is 1. The molecule has 1 fully saturated rings. The summed E-state index contributed by atoms with van der Waals surface area (Å²) in [6.07, 6.45) is 5.21. The molecule has 0 saturated carbocycles. The molecule has 0 atom stereocenters. The molecule has 1 aliphatic heterocycles. The Hall–Kier alpha value is -1.86. The molecule has 0 aliphatic carbocycles. The maximum absolute atomic E-state index is 11.9. The number of nitrogens with one attached hydrogen (secondary N) is 1. The second kappa shape index (κ2) is 8.43. The fraction of sp³-hybridized carbons (Fsp3) is 0.529. The van der Waals surface area contributed by atoms with E-state index in [-0.39, 0.29) is 5.91 Å². The van der Waals surface area contributed by atoms with Crippen molar-refractivity contribution in [3.05, 3.63) is 35.4 Å². The van der Waals surface area contributed by atoms with Crippen molar-refractivity contribution in [2.24, 2.45) is 0 Å². The van der Waals surface area contributed by atoms with Gasteiger partial charge in [0.25, 0.3) is 5.91 Å². The highest BCUT2D eigenvalue weighted by molar-refractivity contribution is 5.94. The van der Waals surface area contributed by atoms with Crippen molar-refractivity contribution in [1.29, 1.82) is 5.26 Å². The van der Waals surface area contributed by atoms with Gasteiger partial charge in [0.1, 0.15) is 0 Å². The Balaban J connectivity index is 1.63. The molecule has 2 rings (SSSR count). The number of hydrogen-bond acceptors (Lipinski definition) is 3. The van der Waals surface area contributed by atoms with Crippen LogP contribution in [-0.2, 0) is 6.42 Å². The summed E-state index contributed by atoms with van der Waals surface area (Å²) in [5.41, 5.74) is 1.61. The molecule has 0 aromatic heterocycles. The van der Waals surface area contributed by atoms with Gasteiger partial charge < -0.3 is 10.2 Å². The highest BCUT2D eigenvalue weighted by Gasteiger charge is 2.10. The predicted molar refractivity (Wildman–Crippen MR) is 83.0 cm³/mol. The molecule has 1 aromatic carbocycles. The van der Waals surface area contributed by atoms with Crippen LogP contribution in [0.3, 0.4) is 0 Å². The summed E-state index contributed by atoms with van der Waals surface area (Å²) >= 11 is 0. The van der Waals surface area contributed by atoms with Gasteiger partial charge in [-0.25, -0.2) is 0 Å². The lowest BCUT2D eigenvalue weighted by atomic mass is 10.1. The van der Waals surface area contributed by atoms with E-state index in [4.69, 9.17) is 5.26 Å². The topological polar surface area (TPSA) is 56.1 Å². The Kier molecular flexibility index (Phi) is 6.23. The van der Waals surface area contributed by atoms with Gasteiger partial charge in [0.2, 0.25) is 0 Å². The fourth-order valence-corrected chi connectivity index (χ4v) is 2.64. The average Bonchev–Trinajstić information content (AvgIpc) is 3.01. The summed E-state index contributed by atoms with van der Waals surface area (Å²) in [6, 6.07) is 9.35. The molecule has 1 heterocycles. The van der Waals surface area contributed by atoms with Crippen molar-refractivity contribution in [3.63, 3.8) is 0 Å². The summed E-state index contributed by atoms with van der Waals surface area (Å²) in [5.74, 6) is -0.0281. The van der Waals surface area contributed by atoms with Crippen LogP contribution in [0, 0.1) is 11.3 Å². The average molecular weight is 285 g/mol. The first-order valence-corrected chi connectivity index (χ1v) is 7.76. The summed E-state index contributed by atoms with van der Waals surface area (Å²) in [7, 11) is 0. The van der Waals surface area contributed by atoms with Crippen LogP contribution in [0.2, 0.25) is 0 Å². The number of unbranched alkanes of at least 4 members (excludes halogenated alkanes) is 1. The molecule has 0 radical (unpaired) electrons. The Labute approximate surface area is 126 Å². The van der Waals surface area contributed by atoms with E-state index in [0.717, 1.165) is 31.5 Å². The molecule has 1 saturated heterocycles. The number of nitrogens with zero attached hydrogens (tertiary/aromatic N) is 2. The third kappa shape index (κ3) is 5.20. The maximum atomic E-state index is 11.9. The van der Waals surface area contributed by atoms with Gasteiger partial charge in [0.05, 0.1) is 12.5 Å². The molecular formula is C17H23N3O. The SMILES string of the molecule is N#CCc1ccc(C(=O)NCCCCN2CCCC2)cc1. The molecule has 21 heavy (non-hydrogen) atoms. The van der Waals surface area contributed by atoms with Gasteiger partial charge in [0, 0.05) is 12.1 Å². The van der Waals surface area contributed by atoms with E-state index in [1.165, 1.54) is 25.9 Å². The number of likely N-dealkylation sites (tertiary alicyclic amines) is 1. The largest absolute Gasteiger partial charge is 0.352 e. The zero-order valence-corrected chi connectivity index (χ0v) is 12.5. The minimum absolute atomic E-state index is 0.0281. The predicted octanol–water partition coefficient (Wildman–Crippen LogP) is 2.36. The summed E-state index contributed by atoms with van der Waals surface area (Å²) < 4.78 is 0. The maximum Gasteiger partial charge on any atom is 0.251 e. The van der Waals surface area contributed by atoms with Crippen molar-refractivity contribution in [2.45, 2.75) is 32.1 Å². The molecule has 4 heteroatoms. The molecule has 112 valence electrons. The summed E-state index contributed by atoms with van der Waals surface area (Å²) in [6.45, 7) is 4.36. The zero-order chi connectivity index (χ0) is 14.9. The van der Waals surface area contributed by atoms with E-state index in [1.54, 1.807) is 12.1 Å². The van der Waals surface area contributed by atoms with Gasteiger partial charge in [-0.2, -0.15) is 5.26 Å². The minimum Gasteiger partial charge on any atom is -0.352 e. The van der Waals surface area contributed by atoms with Crippen molar-refractivity contribution < 1.29 is 4.79 Å². The van der Waals surface area contributed by atoms with Crippen LogP contribution < -0.4 is 5.32 Å². The van der Waals surface area contributed by atoms with E-state index >= 15 is 0 Å². The molecule has 1 N–H and O–H groups in total. The molecule has 0 spiro atoms. The normalized spacial score (nSPS) is 14.8. The summed E-state index contributed by atoms with van der Waals surface area (Å²) in [4.78, 5) is 14.4. The van der Waals surface area contributed by atoms with Gasteiger partial charge in [0.15, 0.2) is 0 Å². The number of carbonyl (C=O) groups is 1. The Morgan fingerprint density at radius 3 is 2.57 bits per heavy atom. The minimum atomic E-state index is -0.0281.